The fourth-order valence-corrected chi connectivity index (χ4v) is 2.60. The lowest BCUT2D eigenvalue weighted by Gasteiger charge is -2.27. The lowest BCUT2D eigenvalue weighted by Crippen LogP contribution is -2.53. The van der Waals surface area contributed by atoms with Crippen molar-refractivity contribution in [2.24, 2.45) is 5.41 Å². The van der Waals surface area contributed by atoms with Crippen LogP contribution in [-0.4, -0.2) is 23.4 Å². The van der Waals surface area contributed by atoms with Crippen molar-refractivity contribution in [1.82, 2.24) is 10.6 Å². The number of nitrogens with zero attached hydrogens (tertiary/aromatic N) is 1. The van der Waals surface area contributed by atoms with Gasteiger partial charge in [-0.1, -0.05) is 25.7 Å². The summed E-state index contributed by atoms with van der Waals surface area (Å²) >= 11 is 0. The van der Waals surface area contributed by atoms with Crippen LogP contribution >= 0.6 is 0 Å². The topological polar surface area (TPSA) is 82.0 Å². The summed E-state index contributed by atoms with van der Waals surface area (Å²) in [4.78, 5) is 24.5. The molecule has 0 spiro atoms. The maximum atomic E-state index is 12.5. The number of hydrogen-bond donors (Lipinski definition) is 2. The second-order valence-corrected chi connectivity index (χ2v) is 7.04. The van der Waals surface area contributed by atoms with Crippen molar-refractivity contribution in [1.29, 1.82) is 5.26 Å². The minimum absolute atomic E-state index is 0.224. The Kier molecular flexibility index (Phi) is 5.77. The third kappa shape index (κ3) is 5.04. The molecule has 1 fully saturated rings. The fourth-order valence-electron chi connectivity index (χ4n) is 2.60. The first-order valence-electron chi connectivity index (χ1n) is 7.74. The van der Waals surface area contributed by atoms with Crippen molar-refractivity contribution in [2.45, 2.75) is 77.8 Å². The first-order chi connectivity index (χ1) is 9.70. The van der Waals surface area contributed by atoms with Crippen LogP contribution in [0, 0.1) is 16.7 Å². The third-order valence-electron chi connectivity index (χ3n) is 3.84. The van der Waals surface area contributed by atoms with Gasteiger partial charge in [0.25, 0.3) is 0 Å². The van der Waals surface area contributed by atoms with Crippen molar-refractivity contribution in [3.05, 3.63) is 0 Å². The van der Waals surface area contributed by atoms with E-state index in [0.717, 1.165) is 25.7 Å². The molecule has 0 heterocycles. The Morgan fingerprint density at radius 3 is 2.10 bits per heavy atom. The number of amides is 2. The first-order valence-corrected chi connectivity index (χ1v) is 7.74. The molecule has 21 heavy (non-hydrogen) atoms. The van der Waals surface area contributed by atoms with Crippen LogP contribution in [0.25, 0.3) is 0 Å². The molecule has 2 N–H and O–H groups in total. The molecule has 1 rings (SSSR count). The molecule has 5 nitrogen and oxygen atoms in total. The highest BCUT2D eigenvalue weighted by Crippen LogP contribution is 2.34. The standard InChI is InChI=1S/C16H27N3O2/c1-12(13(20)19-15(2,3)4)18-14(21)16(11-17)9-7-5-6-8-10-16/h12H,5-10H2,1-4H3,(H,18,21)(H,19,20). The Hall–Kier alpha value is -1.57. The monoisotopic (exact) mass is 293 g/mol. The molecule has 0 saturated heterocycles. The zero-order valence-corrected chi connectivity index (χ0v) is 13.6. The second kappa shape index (κ2) is 6.93. The molecule has 5 heteroatoms. The maximum absolute atomic E-state index is 12.5. The van der Waals surface area contributed by atoms with E-state index in [1.165, 1.54) is 0 Å². The number of carbonyl (C=O) groups is 2. The normalized spacial score (nSPS) is 19.8. The molecule has 0 radical (unpaired) electrons. The van der Waals surface area contributed by atoms with Crippen molar-refractivity contribution in [2.75, 3.05) is 0 Å². The Morgan fingerprint density at radius 1 is 1.14 bits per heavy atom. The molecule has 0 aromatic heterocycles. The van der Waals surface area contributed by atoms with Gasteiger partial charge in [0.2, 0.25) is 11.8 Å². The molecule has 0 bridgehead atoms. The van der Waals surface area contributed by atoms with Crippen LogP contribution in [-0.2, 0) is 9.59 Å². The Labute approximate surface area is 127 Å². The van der Waals surface area contributed by atoms with E-state index < -0.39 is 11.5 Å². The summed E-state index contributed by atoms with van der Waals surface area (Å²) in [6.45, 7) is 7.32. The quantitative estimate of drug-likeness (QED) is 0.783. The van der Waals surface area contributed by atoms with Crippen LogP contribution in [0.4, 0.5) is 0 Å². The summed E-state index contributed by atoms with van der Waals surface area (Å²) < 4.78 is 0. The van der Waals surface area contributed by atoms with E-state index in [-0.39, 0.29) is 17.4 Å². The molecule has 1 saturated carbocycles. The fraction of sp³-hybridized carbons (Fsp3) is 0.812. The Bertz CT molecular complexity index is 424. The van der Waals surface area contributed by atoms with E-state index in [1.807, 2.05) is 20.8 Å². The van der Waals surface area contributed by atoms with E-state index in [1.54, 1.807) is 6.92 Å². The average Bonchev–Trinajstić information content (AvgIpc) is 2.62. The van der Waals surface area contributed by atoms with Gasteiger partial charge in [-0.2, -0.15) is 5.26 Å². The summed E-state index contributed by atoms with van der Waals surface area (Å²) in [6, 6.07) is 1.57. The minimum atomic E-state index is -0.966. The molecule has 2 amide bonds. The number of nitriles is 1. The van der Waals surface area contributed by atoms with Gasteiger partial charge in [-0.25, -0.2) is 0 Å². The molecular weight excluding hydrogens is 266 g/mol. The lowest BCUT2D eigenvalue weighted by atomic mass is 9.81. The Balaban J connectivity index is 2.70. The van der Waals surface area contributed by atoms with Gasteiger partial charge in [-0.05, 0) is 40.5 Å². The molecular formula is C16H27N3O2. The number of carbonyl (C=O) groups excluding carboxylic acids is 2. The van der Waals surface area contributed by atoms with Crippen LogP contribution in [0.5, 0.6) is 0 Å². The van der Waals surface area contributed by atoms with Gasteiger partial charge in [0.1, 0.15) is 11.5 Å². The van der Waals surface area contributed by atoms with E-state index >= 15 is 0 Å². The molecule has 1 atom stereocenters. The highest BCUT2D eigenvalue weighted by atomic mass is 16.2. The minimum Gasteiger partial charge on any atom is -0.350 e. The van der Waals surface area contributed by atoms with Crippen molar-refractivity contribution >= 4 is 11.8 Å². The number of nitrogens with one attached hydrogen (secondary N) is 2. The first kappa shape index (κ1) is 17.5. The van der Waals surface area contributed by atoms with E-state index in [9.17, 15) is 14.9 Å². The van der Waals surface area contributed by atoms with Crippen LogP contribution in [0.2, 0.25) is 0 Å². The largest absolute Gasteiger partial charge is 0.350 e. The summed E-state index contributed by atoms with van der Waals surface area (Å²) in [6.07, 6.45) is 5.09. The van der Waals surface area contributed by atoms with Gasteiger partial charge in [0.15, 0.2) is 0 Å². The molecule has 1 unspecified atom stereocenters. The number of rotatable bonds is 3. The highest BCUT2D eigenvalue weighted by molar-refractivity contribution is 5.91. The van der Waals surface area contributed by atoms with E-state index in [2.05, 4.69) is 16.7 Å². The van der Waals surface area contributed by atoms with Crippen molar-refractivity contribution < 1.29 is 9.59 Å². The predicted octanol–water partition coefficient (Wildman–Crippen LogP) is 2.27. The summed E-state index contributed by atoms with van der Waals surface area (Å²) in [5, 5.41) is 15.0. The zero-order valence-electron chi connectivity index (χ0n) is 13.6. The second-order valence-electron chi connectivity index (χ2n) is 7.04. The van der Waals surface area contributed by atoms with E-state index in [0.29, 0.717) is 12.8 Å². The number of hydrogen-bond acceptors (Lipinski definition) is 3. The molecule has 0 aromatic rings. The Morgan fingerprint density at radius 2 is 1.67 bits per heavy atom. The van der Waals surface area contributed by atoms with Gasteiger partial charge < -0.3 is 10.6 Å². The van der Waals surface area contributed by atoms with Crippen molar-refractivity contribution in [3.8, 4) is 6.07 Å². The molecule has 0 aliphatic heterocycles. The third-order valence-corrected chi connectivity index (χ3v) is 3.84. The molecule has 118 valence electrons. The van der Waals surface area contributed by atoms with Gasteiger partial charge in [0.05, 0.1) is 6.07 Å². The van der Waals surface area contributed by atoms with Crippen LogP contribution in [0.3, 0.4) is 0 Å². The SMILES string of the molecule is CC(NC(=O)C1(C#N)CCCCCC1)C(=O)NC(C)(C)C. The average molecular weight is 293 g/mol. The smallest absolute Gasteiger partial charge is 0.242 e. The molecule has 1 aliphatic rings. The molecule has 1 aliphatic carbocycles. The summed E-state index contributed by atoms with van der Waals surface area (Å²) in [5.41, 5.74) is -1.31. The van der Waals surface area contributed by atoms with Gasteiger partial charge >= 0.3 is 0 Å². The molecule has 0 aromatic carbocycles. The predicted molar refractivity (Wildman–Crippen MR) is 81.2 cm³/mol. The zero-order chi connectivity index (χ0) is 16.1. The van der Waals surface area contributed by atoms with Crippen LogP contribution in [0.1, 0.15) is 66.2 Å². The lowest BCUT2D eigenvalue weighted by molar-refractivity contribution is -0.133. The van der Waals surface area contributed by atoms with Crippen LogP contribution < -0.4 is 10.6 Å². The van der Waals surface area contributed by atoms with Crippen molar-refractivity contribution in [3.63, 3.8) is 0 Å². The van der Waals surface area contributed by atoms with E-state index in [4.69, 9.17) is 0 Å². The van der Waals surface area contributed by atoms with Gasteiger partial charge in [-0.15, -0.1) is 0 Å². The summed E-state index contributed by atoms with van der Waals surface area (Å²) in [5.74, 6) is -0.527. The summed E-state index contributed by atoms with van der Waals surface area (Å²) in [7, 11) is 0. The van der Waals surface area contributed by atoms with Crippen LogP contribution in [0.15, 0.2) is 0 Å². The van der Waals surface area contributed by atoms with Gasteiger partial charge in [-0.3, -0.25) is 9.59 Å². The maximum Gasteiger partial charge on any atom is 0.242 e. The van der Waals surface area contributed by atoms with Gasteiger partial charge in [0, 0.05) is 5.54 Å². The highest BCUT2D eigenvalue weighted by Gasteiger charge is 2.40.